The van der Waals surface area contributed by atoms with Gasteiger partial charge in [-0.1, -0.05) is 0 Å². The van der Waals surface area contributed by atoms with Gasteiger partial charge in [-0.15, -0.1) is 0 Å². The molecule has 0 fully saturated rings. The van der Waals surface area contributed by atoms with Crippen LogP contribution in [0.1, 0.15) is 6.92 Å². The molecule has 0 saturated heterocycles. The fourth-order valence-corrected chi connectivity index (χ4v) is 0.483. The number of ether oxygens (including phenoxy) is 2. The lowest BCUT2D eigenvalue weighted by Gasteiger charge is -2.03. The quantitative estimate of drug-likeness (QED) is 0.214. The van der Waals surface area contributed by atoms with Crippen LogP contribution in [0.25, 0.3) is 0 Å². The molecule has 0 amide bonds. The first-order chi connectivity index (χ1) is 6.02. The molecule has 0 heterocycles. The van der Waals surface area contributed by atoms with Crippen LogP contribution in [0.4, 0.5) is 0 Å². The smallest absolute Gasteiger partial charge is 0.426 e. The molecule has 0 saturated carbocycles. The number of carbonyl (C=O) groups excluding carboxylic acids is 1. The van der Waals surface area contributed by atoms with Gasteiger partial charge in [0.05, 0.1) is 7.11 Å². The first kappa shape index (κ1) is 11.2. The van der Waals surface area contributed by atoms with E-state index in [0.29, 0.717) is 0 Å². The SMILES string of the molecule is C=C(O/C(=C\C)C(=O)OC)[N+](=O)[O-]. The van der Waals surface area contributed by atoms with E-state index in [4.69, 9.17) is 0 Å². The third-order valence-corrected chi connectivity index (χ3v) is 1.08. The number of nitro groups is 1. The average molecular weight is 187 g/mol. The van der Waals surface area contributed by atoms with Crippen LogP contribution in [-0.4, -0.2) is 18.0 Å². The van der Waals surface area contributed by atoms with Gasteiger partial charge < -0.3 is 9.47 Å². The molecule has 0 rings (SSSR count). The van der Waals surface area contributed by atoms with Gasteiger partial charge >= 0.3 is 11.9 Å². The molecule has 0 bridgehead atoms. The maximum absolute atomic E-state index is 10.8. The highest BCUT2D eigenvalue weighted by atomic mass is 16.7. The number of esters is 1. The average Bonchev–Trinajstić information content (AvgIpc) is 2.12. The van der Waals surface area contributed by atoms with Crippen LogP contribution >= 0.6 is 0 Å². The van der Waals surface area contributed by atoms with Crippen molar-refractivity contribution >= 4 is 5.97 Å². The van der Waals surface area contributed by atoms with E-state index in [1.807, 2.05) is 0 Å². The van der Waals surface area contributed by atoms with Crippen LogP contribution in [0, 0.1) is 10.1 Å². The van der Waals surface area contributed by atoms with Gasteiger partial charge in [0.25, 0.3) is 0 Å². The van der Waals surface area contributed by atoms with Crippen molar-refractivity contribution in [1.82, 2.24) is 0 Å². The van der Waals surface area contributed by atoms with Crippen LogP contribution in [0.5, 0.6) is 0 Å². The molecule has 0 aliphatic heterocycles. The van der Waals surface area contributed by atoms with Gasteiger partial charge in [0.2, 0.25) is 5.76 Å². The van der Waals surface area contributed by atoms with E-state index in [1.54, 1.807) is 0 Å². The van der Waals surface area contributed by atoms with Crippen molar-refractivity contribution in [2.45, 2.75) is 6.92 Å². The van der Waals surface area contributed by atoms with Crippen molar-refractivity contribution < 1.29 is 19.2 Å². The molecule has 0 aromatic carbocycles. The molecule has 0 radical (unpaired) electrons. The molecular formula is C7H9NO5. The van der Waals surface area contributed by atoms with Gasteiger partial charge in [-0.05, 0) is 13.0 Å². The molecule has 0 aromatic heterocycles. The van der Waals surface area contributed by atoms with E-state index in [9.17, 15) is 14.9 Å². The second-order valence-corrected chi connectivity index (χ2v) is 1.90. The number of hydrogen-bond acceptors (Lipinski definition) is 5. The summed E-state index contributed by atoms with van der Waals surface area (Å²) in [4.78, 5) is 20.0. The Morgan fingerprint density at radius 2 is 2.15 bits per heavy atom. The van der Waals surface area contributed by atoms with Crippen LogP contribution in [0.3, 0.4) is 0 Å². The summed E-state index contributed by atoms with van der Waals surface area (Å²) in [7, 11) is 1.14. The number of hydrogen-bond donors (Lipinski definition) is 0. The van der Waals surface area contributed by atoms with Gasteiger partial charge in [-0.2, -0.15) is 0 Å². The Labute approximate surface area is 74.6 Å². The second kappa shape index (κ2) is 4.91. The molecule has 13 heavy (non-hydrogen) atoms. The zero-order valence-electron chi connectivity index (χ0n) is 7.27. The Kier molecular flexibility index (Phi) is 4.21. The molecule has 72 valence electrons. The third kappa shape index (κ3) is 3.37. The van der Waals surface area contributed by atoms with Crippen molar-refractivity contribution in [2.24, 2.45) is 0 Å². The van der Waals surface area contributed by atoms with Crippen LogP contribution in [0.15, 0.2) is 24.3 Å². The van der Waals surface area contributed by atoms with E-state index in [-0.39, 0.29) is 5.76 Å². The van der Waals surface area contributed by atoms with Gasteiger partial charge in [0.15, 0.2) is 0 Å². The minimum atomic E-state index is -0.841. The summed E-state index contributed by atoms with van der Waals surface area (Å²) in [6.07, 6.45) is 1.25. The van der Waals surface area contributed by atoms with Gasteiger partial charge in [-0.25, -0.2) is 4.79 Å². The molecule has 6 nitrogen and oxygen atoms in total. The number of carbonyl (C=O) groups is 1. The minimum Gasteiger partial charge on any atom is -0.463 e. The molecule has 0 atom stereocenters. The highest BCUT2D eigenvalue weighted by Gasteiger charge is 2.17. The lowest BCUT2D eigenvalue weighted by molar-refractivity contribution is -0.459. The predicted molar refractivity (Wildman–Crippen MR) is 43.0 cm³/mol. The first-order valence-corrected chi connectivity index (χ1v) is 3.28. The molecule has 6 heteroatoms. The summed E-state index contributed by atoms with van der Waals surface area (Å²) >= 11 is 0. The first-order valence-electron chi connectivity index (χ1n) is 3.28. The fourth-order valence-electron chi connectivity index (χ4n) is 0.483. The lowest BCUT2D eigenvalue weighted by Crippen LogP contribution is -2.10. The summed E-state index contributed by atoms with van der Waals surface area (Å²) in [6.45, 7) is 4.47. The third-order valence-electron chi connectivity index (χ3n) is 1.08. The van der Waals surface area contributed by atoms with Gasteiger partial charge in [0, 0.05) is 6.58 Å². The molecule has 0 aromatic rings. The van der Waals surface area contributed by atoms with E-state index >= 15 is 0 Å². The van der Waals surface area contributed by atoms with Crippen molar-refractivity contribution in [3.8, 4) is 0 Å². The van der Waals surface area contributed by atoms with Crippen LogP contribution in [0.2, 0.25) is 0 Å². The maximum atomic E-state index is 10.8. The second-order valence-electron chi connectivity index (χ2n) is 1.90. The maximum Gasteiger partial charge on any atom is 0.426 e. The Morgan fingerprint density at radius 3 is 2.46 bits per heavy atom. The van der Waals surface area contributed by atoms with Gasteiger partial charge in [0.1, 0.15) is 4.92 Å². The monoisotopic (exact) mass is 187 g/mol. The summed E-state index contributed by atoms with van der Waals surface area (Å²) < 4.78 is 8.79. The topological polar surface area (TPSA) is 78.7 Å². The summed E-state index contributed by atoms with van der Waals surface area (Å²) in [5, 5.41) is 10.1. The van der Waals surface area contributed by atoms with Crippen molar-refractivity contribution in [3.63, 3.8) is 0 Å². The Bertz CT molecular complexity index is 268. The van der Waals surface area contributed by atoms with E-state index in [2.05, 4.69) is 16.1 Å². The van der Waals surface area contributed by atoms with Crippen LogP contribution < -0.4 is 0 Å². The Hall–Kier alpha value is -1.85. The zero-order chi connectivity index (χ0) is 10.4. The minimum absolute atomic E-state index is 0.260. The molecular weight excluding hydrogens is 178 g/mol. The highest BCUT2D eigenvalue weighted by molar-refractivity contribution is 5.86. The molecule has 0 aliphatic rings. The molecule has 0 unspecified atom stereocenters. The van der Waals surface area contributed by atoms with E-state index in [1.165, 1.54) is 13.0 Å². The summed E-state index contributed by atoms with van der Waals surface area (Å²) in [5.74, 6) is -1.77. The number of rotatable bonds is 4. The molecule has 0 N–H and O–H groups in total. The summed E-state index contributed by atoms with van der Waals surface area (Å²) in [5.41, 5.74) is 0. The molecule has 0 spiro atoms. The van der Waals surface area contributed by atoms with E-state index < -0.39 is 16.8 Å². The predicted octanol–water partition coefficient (Wildman–Crippen LogP) is 0.828. The van der Waals surface area contributed by atoms with Crippen molar-refractivity contribution in [1.29, 1.82) is 0 Å². The van der Waals surface area contributed by atoms with Crippen molar-refractivity contribution in [2.75, 3.05) is 7.11 Å². The molecule has 0 aliphatic carbocycles. The lowest BCUT2D eigenvalue weighted by atomic mass is 10.5. The fraction of sp³-hybridized carbons (Fsp3) is 0.286. The van der Waals surface area contributed by atoms with E-state index in [0.717, 1.165) is 7.11 Å². The Morgan fingerprint density at radius 1 is 1.62 bits per heavy atom. The number of allylic oxidation sites excluding steroid dienone is 1. The zero-order valence-corrected chi connectivity index (χ0v) is 7.27. The highest BCUT2D eigenvalue weighted by Crippen LogP contribution is 2.06. The van der Waals surface area contributed by atoms with Gasteiger partial charge in [-0.3, -0.25) is 10.1 Å². The number of nitrogens with zero attached hydrogens (tertiary/aromatic N) is 1. The standard InChI is InChI=1S/C7H9NO5/c1-4-6(7(9)12-3)13-5(2)8(10)11/h4H,2H2,1,3H3/b6-4-. The largest absolute Gasteiger partial charge is 0.463 e. The normalized spacial score (nSPS) is 10.5. The Balaban J connectivity index is 4.41. The number of methoxy groups -OCH3 is 1. The summed E-state index contributed by atoms with van der Waals surface area (Å²) in [6, 6.07) is 0. The van der Waals surface area contributed by atoms with Crippen LogP contribution in [-0.2, 0) is 14.3 Å². The van der Waals surface area contributed by atoms with Crippen molar-refractivity contribution in [3.05, 3.63) is 34.4 Å².